The highest BCUT2D eigenvalue weighted by atomic mass is 16.4. The molecule has 1 N–H and O–H groups in total. The van der Waals surface area contributed by atoms with Gasteiger partial charge in [-0.05, 0) is 25.7 Å². The molecule has 0 aliphatic carbocycles. The van der Waals surface area contributed by atoms with Gasteiger partial charge in [-0.1, -0.05) is 38.3 Å². The van der Waals surface area contributed by atoms with Gasteiger partial charge in [-0.2, -0.15) is 0 Å². The van der Waals surface area contributed by atoms with Crippen molar-refractivity contribution in [1.29, 1.82) is 0 Å². The molecule has 0 atom stereocenters. The van der Waals surface area contributed by atoms with Crippen molar-refractivity contribution in [1.82, 2.24) is 0 Å². The summed E-state index contributed by atoms with van der Waals surface area (Å²) >= 11 is 0. The molecule has 0 heterocycles. The number of unbranched alkanes of at least 4 members (excludes halogenated alkanes) is 2. The molecule has 0 spiro atoms. The van der Waals surface area contributed by atoms with Crippen molar-refractivity contribution in [2.45, 2.75) is 58.8 Å². The zero-order chi connectivity index (χ0) is 10.8. The summed E-state index contributed by atoms with van der Waals surface area (Å²) in [6.45, 7) is 4.31. The first-order chi connectivity index (χ1) is 6.70. The van der Waals surface area contributed by atoms with Crippen LogP contribution >= 0.6 is 0 Å². The molecule has 2 nitrogen and oxygen atoms in total. The Morgan fingerprint density at radius 3 is 2.36 bits per heavy atom. The van der Waals surface area contributed by atoms with Crippen LogP contribution in [0.25, 0.3) is 0 Å². The molecule has 0 fully saturated rings. The largest absolute Gasteiger partial charge is 0.481 e. The van der Waals surface area contributed by atoms with E-state index < -0.39 is 5.97 Å². The molecule has 0 bridgehead atoms. The van der Waals surface area contributed by atoms with Crippen LogP contribution in [0.3, 0.4) is 0 Å². The maximum absolute atomic E-state index is 10.4. The summed E-state index contributed by atoms with van der Waals surface area (Å²) in [5.41, 5.74) is 1.33. The minimum absolute atomic E-state index is 0.277. The minimum Gasteiger partial charge on any atom is -0.481 e. The smallest absolute Gasteiger partial charge is 0.303 e. The standard InChI is InChI=1S/C12H22O2/c1-3-5-7-11(8-6-4-2)9-10-12(13)14/h7H,3-6,8-10H2,1-2H3,(H,13,14). The van der Waals surface area contributed by atoms with Gasteiger partial charge in [0.2, 0.25) is 0 Å². The summed E-state index contributed by atoms with van der Waals surface area (Å²) in [6.07, 6.45) is 8.88. The van der Waals surface area contributed by atoms with Crippen molar-refractivity contribution in [3.05, 3.63) is 11.6 Å². The molecule has 82 valence electrons. The number of hydrogen-bond donors (Lipinski definition) is 1. The molecule has 0 amide bonds. The van der Waals surface area contributed by atoms with E-state index >= 15 is 0 Å². The lowest BCUT2D eigenvalue weighted by molar-refractivity contribution is -0.136. The Bertz CT molecular complexity index is 183. The van der Waals surface area contributed by atoms with Gasteiger partial charge in [0.25, 0.3) is 0 Å². The lowest BCUT2D eigenvalue weighted by atomic mass is 10.0. The highest BCUT2D eigenvalue weighted by molar-refractivity contribution is 5.67. The van der Waals surface area contributed by atoms with Gasteiger partial charge in [0, 0.05) is 6.42 Å². The average molecular weight is 198 g/mol. The molecule has 0 radical (unpaired) electrons. The molecular weight excluding hydrogens is 176 g/mol. The summed E-state index contributed by atoms with van der Waals surface area (Å²) in [6, 6.07) is 0. The Balaban J connectivity index is 3.89. The van der Waals surface area contributed by atoms with Crippen LogP contribution in [0.2, 0.25) is 0 Å². The summed E-state index contributed by atoms with van der Waals surface area (Å²) < 4.78 is 0. The second-order valence-corrected chi connectivity index (χ2v) is 3.65. The van der Waals surface area contributed by atoms with Gasteiger partial charge in [-0.3, -0.25) is 4.79 Å². The van der Waals surface area contributed by atoms with E-state index in [4.69, 9.17) is 5.11 Å². The third-order valence-electron chi connectivity index (χ3n) is 2.23. The van der Waals surface area contributed by atoms with Crippen LogP contribution in [0.1, 0.15) is 58.8 Å². The average Bonchev–Trinajstić information content (AvgIpc) is 2.16. The third kappa shape index (κ3) is 7.84. The van der Waals surface area contributed by atoms with Gasteiger partial charge >= 0.3 is 5.97 Å². The molecular formula is C12H22O2. The molecule has 0 aliphatic rings. The van der Waals surface area contributed by atoms with Crippen LogP contribution in [0.4, 0.5) is 0 Å². The predicted molar refractivity (Wildman–Crippen MR) is 59.4 cm³/mol. The Kier molecular flexibility index (Phi) is 8.30. The molecule has 0 aromatic carbocycles. The van der Waals surface area contributed by atoms with E-state index in [0.29, 0.717) is 0 Å². The molecule has 0 saturated carbocycles. The summed E-state index contributed by atoms with van der Waals surface area (Å²) in [4.78, 5) is 10.4. The number of allylic oxidation sites excluding steroid dienone is 2. The first-order valence-electron chi connectivity index (χ1n) is 5.60. The lowest BCUT2D eigenvalue weighted by Crippen LogP contribution is -1.96. The van der Waals surface area contributed by atoms with Crippen molar-refractivity contribution in [3.63, 3.8) is 0 Å². The number of hydrogen-bond acceptors (Lipinski definition) is 1. The first-order valence-corrected chi connectivity index (χ1v) is 5.60. The fraction of sp³-hybridized carbons (Fsp3) is 0.750. The number of carboxylic acids is 1. The van der Waals surface area contributed by atoms with Gasteiger partial charge in [-0.15, -0.1) is 0 Å². The number of carbonyl (C=O) groups is 1. The maximum Gasteiger partial charge on any atom is 0.303 e. The van der Waals surface area contributed by atoms with Gasteiger partial charge < -0.3 is 5.11 Å². The van der Waals surface area contributed by atoms with Crippen LogP contribution in [0.15, 0.2) is 11.6 Å². The van der Waals surface area contributed by atoms with Crippen molar-refractivity contribution >= 4 is 5.97 Å². The van der Waals surface area contributed by atoms with Crippen molar-refractivity contribution in [2.24, 2.45) is 0 Å². The number of aliphatic carboxylic acids is 1. The van der Waals surface area contributed by atoms with E-state index in [-0.39, 0.29) is 6.42 Å². The SMILES string of the molecule is CCCC=C(CCCC)CCC(=O)O. The first kappa shape index (κ1) is 13.2. The second kappa shape index (κ2) is 8.79. The molecule has 0 aromatic rings. The van der Waals surface area contributed by atoms with E-state index in [9.17, 15) is 4.79 Å². The van der Waals surface area contributed by atoms with Crippen molar-refractivity contribution in [2.75, 3.05) is 0 Å². The van der Waals surface area contributed by atoms with E-state index in [2.05, 4.69) is 19.9 Å². The molecule has 2 heteroatoms. The Hall–Kier alpha value is -0.790. The normalized spacial score (nSPS) is 11.7. The van der Waals surface area contributed by atoms with E-state index in [0.717, 1.165) is 25.7 Å². The predicted octanol–water partition coefficient (Wildman–Crippen LogP) is 3.77. The fourth-order valence-electron chi connectivity index (χ4n) is 1.35. The zero-order valence-corrected chi connectivity index (χ0v) is 9.38. The van der Waals surface area contributed by atoms with Gasteiger partial charge in [0.05, 0.1) is 0 Å². The highest BCUT2D eigenvalue weighted by Gasteiger charge is 2.01. The van der Waals surface area contributed by atoms with Crippen LogP contribution in [-0.2, 0) is 4.79 Å². The summed E-state index contributed by atoms with van der Waals surface area (Å²) in [5.74, 6) is -0.691. The van der Waals surface area contributed by atoms with Crippen LogP contribution < -0.4 is 0 Å². The maximum atomic E-state index is 10.4. The van der Waals surface area contributed by atoms with Crippen LogP contribution in [0.5, 0.6) is 0 Å². The number of rotatable bonds is 8. The van der Waals surface area contributed by atoms with Gasteiger partial charge in [0.15, 0.2) is 0 Å². The molecule has 0 unspecified atom stereocenters. The molecule has 0 aromatic heterocycles. The van der Waals surface area contributed by atoms with Gasteiger partial charge in [0.1, 0.15) is 0 Å². The number of carboxylic acid groups (broad SMARTS) is 1. The zero-order valence-electron chi connectivity index (χ0n) is 9.38. The third-order valence-corrected chi connectivity index (χ3v) is 2.23. The Morgan fingerprint density at radius 1 is 1.14 bits per heavy atom. The Labute approximate surface area is 87.0 Å². The van der Waals surface area contributed by atoms with E-state index in [1.54, 1.807) is 0 Å². The van der Waals surface area contributed by atoms with Crippen LogP contribution in [-0.4, -0.2) is 11.1 Å². The fourth-order valence-corrected chi connectivity index (χ4v) is 1.35. The van der Waals surface area contributed by atoms with E-state index in [1.807, 2.05) is 0 Å². The molecule has 0 aliphatic heterocycles. The van der Waals surface area contributed by atoms with E-state index in [1.165, 1.54) is 18.4 Å². The lowest BCUT2D eigenvalue weighted by Gasteiger charge is -2.04. The monoisotopic (exact) mass is 198 g/mol. The topological polar surface area (TPSA) is 37.3 Å². The molecule has 0 saturated heterocycles. The van der Waals surface area contributed by atoms with Gasteiger partial charge in [-0.25, -0.2) is 0 Å². The highest BCUT2D eigenvalue weighted by Crippen LogP contribution is 2.15. The van der Waals surface area contributed by atoms with Crippen molar-refractivity contribution < 1.29 is 9.90 Å². The summed E-state index contributed by atoms with van der Waals surface area (Å²) in [5, 5.41) is 8.59. The van der Waals surface area contributed by atoms with Crippen molar-refractivity contribution in [3.8, 4) is 0 Å². The molecule has 14 heavy (non-hydrogen) atoms. The quantitative estimate of drug-likeness (QED) is 0.603. The molecule has 0 rings (SSSR count). The minimum atomic E-state index is -0.691. The van der Waals surface area contributed by atoms with Crippen LogP contribution in [0, 0.1) is 0 Å². The Morgan fingerprint density at radius 2 is 1.86 bits per heavy atom. The summed E-state index contributed by atoms with van der Waals surface area (Å²) in [7, 11) is 0. The second-order valence-electron chi connectivity index (χ2n) is 3.65.